The second kappa shape index (κ2) is 9.94. The van der Waals surface area contributed by atoms with E-state index in [1.54, 1.807) is 0 Å². The van der Waals surface area contributed by atoms with E-state index in [1.807, 2.05) is 32.0 Å². The van der Waals surface area contributed by atoms with E-state index in [1.165, 1.54) is 13.3 Å². The molecule has 1 aromatic rings. The highest BCUT2D eigenvalue weighted by Gasteiger charge is 2.22. The molecule has 1 unspecified atom stereocenters. The van der Waals surface area contributed by atoms with E-state index in [0.717, 1.165) is 36.8 Å². The predicted octanol–water partition coefficient (Wildman–Crippen LogP) is 2.77. The van der Waals surface area contributed by atoms with Gasteiger partial charge in [0.15, 0.2) is 12.7 Å². The number of hydrogen-bond donors (Lipinski definition) is 2. The zero-order valence-corrected chi connectivity index (χ0v) is 16.2. The maximum atomic E-state index is 12.0. The molecule has 1 aliphatic carbocycles. The van der Waals surface area contributed by atoms with Crippen molar-refractivity contribution in [1.82, 2.24) is 10.6 Å². The molecule has 1 saturated carbocycles. The van der Waals surface area contributed by atoms with Crippen molar-refractivity contribution in [3.05, 3.63) is 29.3 Å². The van der Waals surface area contributed by atoms with Gasteiger partial charge in [-0.3, -0.25) is 10.1 Å². The van der Waals surface area contributed by atoms with Gasteiger partial charge >= 0.3 is 12.0 Å². The Hall–Kier alpha value is -2.57. The van der Waals surface area contributed by atoms with Gasteiger partial charge in [-0.2, -0.15) is 0 Å². The van der Waals surface area contributed by atoms with Crippen LogP contribution in [0.25, 0.3) is 0 Å². The summed E-state index contributed by atoms with van der Waals surface area (Å²) in [6.45, 7) is 4.91. The summed E-state index contributed by atoms with van der Waals surface area (Å²) in [5.41, 5.74) is 1.92. The van der Waals surface area contributed by atoms with Crippen molar-refractivity contribution in [1.29, 1.82) is 0 Å². The van der Waals surface area contributed by atoms with Crippen molar-refractivity contribution in [3.8, 4) is 5.75 Å². The minimum Gasteiger partial charge on any atom is -0.482 e. The number of amides is 3. The van der Waals surface area contributed by atoms with E-state index < -0.39 is 24.0 Å². The first-order valence-electron chi connectivity index (χ1n) is 9.36. The van der Waals surface area contributed by atoms with Gasteiger partial charge < -0.3 is 14.8 Å². The number of hydrogen-bond acceptors (Lipinski definition) is 5. The Morgan fingerprint density at radius 1 is 1.15 bits per heavy atom. The molecular formula is C20H28N2O5. The molecule has 0 spiro atoms. The van der Waals surface area contributed by atoms with Crippen LogP contribution in [0.3, 0.4) is 0 Å². The van der Waals surface area contributed by atoms with Crippen LogP contribution in [0, 0.1) is 13.8 Å². The Kier molecular flexibility index (Phi) is 7.64. The number of nitrogens with one attached hydrogen (secondary N) is 2. The van der Waals surface area contributed by atoms with Gasteiger partial charge in [0.1, 0.15) is 5.75 Å². The summed E-state index contributed by atoms with van der Waals surface area (Å²) in [6.07, 6.45) is 4.08. The largest absolute Gasteiger partial charge is 0.482 e. The second-order valence-electron chi connectivity index (χ2n) is 6.99. The van der Waals surface area contributed by atoms with Gasteiger partial charge in [0.25, 0.3) is 5.91 Å². The fourth-order valence-corrected chi connectivity index (χ4v) is 2.97. The van der Waals surface area contributed by atoms with Gasteiger partial charge in [0, 0.05) is 6.04 Å². The molecule has 1 fully saturated rings. The molecule has 0 heterocycles. The van der Waals surface area contributed by atoms with Crippen LogP contribution in [0.2, 0.25) is 0 Å². The highest BCUT2D eigenvalue weighted by molar-refractivity contribution is 5.97. The number of rotatable bonds is 6. The van der Waals surface area contributed by atoms with E-state index in [4.69, 9.17) is 9.47 Å². The lowest BCUT2D eigenvalue weighted by Crippen LogP contribution is -2.48. The molecule has 0 aliphatic heterocycles. The third-order valence-electron chi connectivity index (χ3n) is 4.54. The number of carbonyl (C=O) groups is 3. The Balaban J connectivity index is 1.73. The van der Waals surface area contributed by atoms with Gasteiger partial charge in [-0.1, -0.05) is 31.4 Å². The van der Waals surface area contributed by atoms with Gasteiger partial charge in [-0.15, -0.1) is 0 Å². The van der Waals surface area contributed by atoms with Gasteiger partial charge in [0.05, 0.1) is 0 Å². The molecule has 27 heavy (non-hydrogen) atoms. The first-order valence-corrected chi connectivity index (χ1v) is 9.36. The molecule has 0 aromatic heterocycles. The lowest BCUT2D eigenvalue weighted by molar-refractivity contribution is -0.156. The topological polar surface area (TPSA) is 93.7 Å². The van der Waals surface area contributed by atoms with Crippen LogP contribution in [0.4, 0.5) is 4.79 Å². The number of carbonyl (C=O) groups excluding carboxylic acids is 3. The van der Waals surface area contributed by atoms with Crippen molar-refractivity contribution >= 4 is 17.9 Å². The van der Waals surface area contributed by atoms with E-state index in [-0.39, 0.29) is 12.6 Å². The Bertz CT molecular complexity index is 683. The number of ether oxygens (including phenoxy) is 2. The van der Waals surface area contributed by atoms with E-state index in [2.05, 4.69) is 10.6 Å². The molecule has 0 radical (unpaired) electrons. The molecule has 0 saturated heterocycles. The first-order chi connectivity index (χ1) is 12.8. The lowest BCUT2D eigenvalue weighted by Gasteiger charge is -2.23. The average molecular weight is 376 g/mol. The lowest BCUT2D eigenvalue weighted by atomic mass is 9.96. The summed E-state index contributed by atoms with van der Waals surface area (Å²) in [5.74, 6) is -0.745. The molecule has 7 nitrogen and oxygen atoms in total. The molecule has 1 aromatic carbocycles. The molecule has 2 N–H and O–H groups in total. The molecule has 3 amide bonds. The quantitative estimate of drug-likeness (QED) is 0.745. The normalized spacial score (nSPS) is 15.5. The summed E-state index contributed by atoms with van der Waals surface area (Å²) in [4.78, 5) is 35.8. The SMILES string of the molecule is Cc1ccc(C)c(OCC(=O)OC(C)C(=O)NC(=O)NC2CCCCC2)c1. The number of urea groups is 1. The molecular weight excluding hydrogens is 348 g/mol. The van der Waals surface area contributed by atoms with Crippen molar-refractivity contribution in [3.63, 3.8) is 0 Å². The highest BCUT2D eigenvalue weighted by atomic mass is 16.6. The summed E-state index contributed by atoms with van der Waals surface area (Å²) >= 11 is 0. The molecule has 7 heteroatoms. The minimum absolute atomic E-state index is 0.0929. The summed E-state index contributed by atoms with van der Waals surface area (Å²) < 4.78 is 10.5. The summed E-state index contributed by atoms with van der Waals surface area (Å²) in [5, 5.41) is 5.00. The zero-order chi connectivity index (χ0) is 19.8. The monoisotopic (exact) mass is 376 g/mol. The van der Waals surface area contributed by atoms with Crippen molar-refractivity contribution in [2.45, 2.75) is 65.0 Å². The molecule has 148 valence electrons. The first kappa shape index (κ1) is 20.7. The predicted molar refractivity (Wildman–Crippen MR) is 101 cm³/mol. The van der Waals surface area contributed by atoms with E-state index in [0.29, 0.717) is 5.75 Å². The third kappa shape index (κ3) is 6.92. The van der Waals surface area contributed by atoms with Crippen LogP contribution in [-0.4, -0.2) is 36.7 Å². The maximum absolute atomic E-state index is 12.0. The van der Waals surface area contributed by atoms with Crippen LogP contribution in [0.1, 0.15) is 50.2 Å². The Labute approximate surface area is 159 Å². The van der Waals surface area contributed by atoms with Crippen molar-refractivity contribution in [2.75, 3.05) is 6.61 Å². The van der Waals surface area contributed by atoms with Gasteiger partial charge in [0.2, 0.25) is 0 Å². The van der Waals surface area contributed by atoms with E-state index in [9.17, 15) is 14.4 Å². The van der Waals surface area contributed by atoms with Crippen LogP contribution >= 0.6 is 0 Å². The number of esters is 1. The van der Waals surface area contributed by atoms with Crippen LogP contribution in [0.5, 0.6) is 5.75 Å². The standard InChI is InChI=1S/C20H28N2O5/c1-13-9-10-14(2)17(11-13)26-12-18(23)27-15(3)19(24)22-20(25)21-16-7-5-4-6-8-16/h9-11,15-16H,4-8,12H2,1-3H3,(H2,21,22,24,25). The molecule has 0 bridgehead atoms. The van der Waals surface area contributed by atoms with Crippen molar-refractivity contribution < 1.29 is 23.9 Å². The van der Waals surface area contributed by atoms with Crippen LogP contribution in [0.15, 0.2) is 18.2 Å². The number of aryl methyl sites for hydroxylation is 2. The Morgan fingerprint density at radius 2 is 1.85 bits per heavy atom. The smallest absolute Gasteiger partial charge is 0.344 e. The summed E-state index contributed by atoms with van der Waals surface area (Å²) in [7, 11) is 0. The third-order valence-corrected chi connectivity index (χ3v) is 4.54. The van der Waals surface area contributed by atoms with Crippen LogP contribution in [-0.2, 0) is 14.3 Å². The Morgan fingerprint density at radius 3 is 2.56 bits per heavy atom. The van der Waals surface area contributed by atoms with Gasteiger partial charge in [-0.25, -0.2) is 9.59 Å². The summed E-state index contributed by atoms with van der Waals surface area (Å²) in [6, 6.07) is 5.22. The molecule has 2 rings (SSSR count). The maximum Gasteiger partial charge on any atom is 0.344 e. The number of benzene rings is 1. The fraction of sp³-hybridized carbons (Fsp3) is 0.550. The minimum atomic E-state index is -1.09. The van der Waals surface area contributed by atoms with Gasteiger partial charge in [-0.05, 0) is 50.8 Å². The average Bonchev–Trinajstić information content (AvgIpc) is 2.63. The fourth-order valence-electron chi connectivity index (χ4n) is 2.97. The molecule has 1 atom stereocenters. The zero-order valence-electron chi connectivity index (χ0n) is 16.2. The number of imide groups is 1. The van der Waals surface area contributed by atoms with E-state index >= 15 is 0 Å². The van der Waals surface area contributed by atoms with Crippen LogP contribution < -0.4 is 15.4 Å². The second-order valence-corrected chi connectivity index (χ2v) is 6.99. The highest BCUT2D eigenvalue weighted by Crippen LogP contribution is 2.19. The molecule has 1 aliphatic rings. The van der Waals surface area contributed by atoms with Crippen molar-refractivity contribution in [2.24, 2.45) is 0 Å².